The Bertz CT molecular complexity index is 3260. The van der Waals surface area contributed by atoms with Crippen LogP contribution in [-0.2, 0) is 0 Å². The molecule has 1 atom stereocenters. The standard InChI is InChI=1S/C55H41NO/c1-2-35-34-50(41-31-30-36-14-3-4-16-38(36)32-41)56-49(45-23-10-17-37-15-5-6-21-43(37)45)27-8-7-20-42(35)39-18-9-19-40(33-39)44-22-11-24-46-47-25-12-28-51-54(47)55-48(53(44)46)26-13-29-52(55)57-51/h3-6,9-26,28-35H,2,7-8,27H2,1H3/b42-20+,50-34-,56-49+. The van der Waals surface area contributed by atoms with Crippen LogP contribution in [0, 0.1) is 5.92 Å². The monoisotopic (exact) mass is 731 g/mol. The van der Waals surface area contributed by atoms with Gasteiger partial charge in [-0.15, -0.1) is 0 Å². The Morgan fingerprint density at radius 2 is 1.18 bits per heavy atom. The summed E-state index contributed by atoms with van der Waals surface area (Å²) in [6, 6.07) is 59.8. The van der Waals surface area contributed by atoms with Crippen molar-refractivity contribution in [1.82, 2.24) is 0 Å². The number of allylic oxidation sites excluding steroid dienone is 3. The van der Waals surface area contributed by atoms with Gasteiger partial charge in [-0.2, -0.15) is 0 Å². The van der Waals surface area contributed by atoms with E-state index in [4.69, 9.17) is 9.41 Å². The number of nitrogens with zero attached hydrogens (tertiary/aromatic N) is 1. The largest absolute Gasteiger partial charge is 0.456 e. The first-order chi connectivity index (χ1) is 28.2. The third-order valence-electron chi connectivity index (χ3n) is 12.2. The van der Waals surface area contributed by atoms with Gasteiger partial charge in [-0.3, -0.25) is 4.99 Å². The Kier molecular flexibility index (Phi) is 8.10. The molecule has 0 aliphatic carbocycles. The van der Waals surface area contributed by atoms with Gasteiger partial charge in [0.1, 0.15) is 11.2 Å². The van der Waals surface area contributed by atoms with Crippen molar-refractivity contribution in [1.29, 1.82) is 0 Å². The number of fused-ring (bicyclic) bond motifs is 5. The van der Waals surface area contributed by atoms with E-state index < -0.39 is 0 Å². The molecule has 0 bridgehead atoms. The van der Waals surface area contributed by atoms with Gasteiger partial charge in [0.25, 0.3) is 0 Å². The van der Waals surface area contributed by atoms with Gasteiger partial charge in [0, 0.05) is 33.5 Å². The van der Waals surface area contributed by atoms with Gasteiger partial charge in [-0.05, 0) is 115 Å². The maximum absolute atomic E-state index is 6.38. The third kappa shape index (κ3) is 5.67. The van der Waals surface area contributed by atoms with Crippen LogP contribution in [0.1, 0.15) is 49.3 Å². The van der Waals surface area contributed by atoms with Crippen molar-refractivity contribution < 1.29 is 4.42 Å². The molecule has 0 amide bonds. The molecule has 9 aromatic carbocycles. The molecule has 10 aromatic rings. The molecule has 1 aliphatic heterocycles. The fourth-order valence-electron chi connectivity index (χ4n) is 9.52. The van der Waals surface area contributed by atoms with Gasteiger partial charge in [-0.1, -0.05) is 159 Å². The molecular weight excluding hydrogens is 691 g/mol. The Balaban J connectivity index is 1.08. The first kappa shape index (κ1) is 33.6. The summed E-state index contributed by atoms with van der Waals surface area (Å²) in [6.45, 7) is 2.31. The van der Waals surface area contributed by atoms with E-state index in [1.807, 2.05) is 0 Å². The van der Waals surface area contributed by atoms with Crippen molar-refractivity contribution in [3.8, 4) is 11.1 Å². The van der Waals surface area contributed by atoms with Crippen molar-refractivity contribution in [2.75, 3.05) is 0 Å². The van der Waals surface area contributed by atoms with Crippen LogP contribution < -0.4 is 0 Å². The van der Waals surface area contributed by atoms with Gasteiger partial charge in [-0.25, -0.2) is 0 Å². The topological polar surface area (TPSA) is 25.5 Å². The number of hydrogen-bond donors (Lipinski definition) is 0. The Morgan fingerprint density at radius 1 is 0.526 bits per heavy atom. The maximum Gasteiger partial charge on any atom is 0.136 e. The first-order valence-corrected chi connectivity index (χ1v) is 20.4. The first-order valence-electron chi connectivity index (χ1n) is 20.4. The minimum Gasteiger partial charge on any atom is -0.456 e. The lowest BCUT2D eigenvalue weighted by Crippen LogP contribution is -2.07. The summed E-state index contributed by atoms with van der Waals surface area (Å²) in [4.78, 5) is 5.67. The van der Waals surface area contributed by atoms with Crippen LogP contribution in [0.5, 0.6) is 0 Å². The molecule has 2 heterocycles. The summed E-state index contributed by atoms with van der Waals surface area (Å²) < 4.78 is 6.38. The highest BCUT2D eigenvalue weighted by Crippen LogP contribution is 2.46. The van der Waals surface area contributed by atoms with Gasteiger partial charge >= 0.3 is 0 Å². The molecule has 11 rings (SSSR count). The van der Waals surface area contributed by atoms with Crippen molar-refractivity contribution in [2.24, 2.45) is 10.9 Å². The van der Waals surface area contributed by atoms with Crippen molar-refractivity contribution in [3.63, 3.8) is 0 Å². The van der Waals surface area contributed by atoms with Crippen molar-refractivity contribution in [2.45, 2.75) is 32.6 Å². The molecule has 272 valence electrons. The molecule has 57 heavy (non-hydrogen) atoms. The molecule has 2 heteroatoms. The summed E-state index contributed by atoms with van der Waals surface area (Å²) in [5, 5.41) is 12.4. The molecule has 2 nitrogen and oxygen atoms in total. The predicted octanol–water partition coefficient (Wildman–Crippen LogP) is 15.4. The summed E-state index contributed by atoms with van der Waals surface area (Å²) >= 11 is 0. The third-order valence-corrected chi connectivity index (χ3v) is 12.2. The smallest absolute Gasteiger partial charge is 0.136 e. The van der Waals surface area contributed by atoms with Gasteiger partial charge in [0.15, 0.2) is 0 Å². The van der Waals surface area contributed by atoms with E-state index in [9.17, 15) is 0 Å². The minimum atomic E-state index is 0.168. The van der Waals surface area contributed by atoms with E-state index in [0.717, 1.165) is 53.8 Å². The number of benzene rings is 9. The van der Waals surface area contributed by atoms with E-state index >= 15 is 0 Å². The average Bonchev–Trinajstić information content (AvgIpc) is 3.66. The quantitative estimate of drug-likeness (QED) is 0.162. The normalized spacial score (nSPS) is 18.2. The molecule has 0 saturated heterocycles. The SMILES string of the molecule is CCC1/C=C(c2ccc3ccccc3c2)\N=C(\c2cccc3ccccc23)CCC/C=C\1c1cccc(-c2cccc3c4cccc5oc6cccc(c23)c6c54)c1. The zero-order valence-corrected chi connectivity index (χ0v) is 32.0. The molecular formula is C55H41NO. The van der Waals surface area contributed by atoms with Crippen LogP contribution in [0.3, 0.4) is 0 Å². The summed E-state index contributed by atoms with van der Waals surface area (Å²) in [5.41, 5.74) is 11.6. The van der Waals surface area contributed by atoms with Crippen LogP contribution >= 0.6 is 0 Å². The summed E-state index contributed by atoms with van der Waals surface area (Å²) in [7, 11) is 0. The van der Waals surface area contributed by atoms with Crippen molar-refractivity contribution in [3.05, 3.63) is 193 Å². The zero-order valence-electron chi connectivity index (χ0n) is 32.0. The highest BCUT2D eigenvalue weighted by molar-refractivity contribution is 6.34. The van der Waals surface area contributed by atoms with Crippen LogP contribution in [-0.4, -0.2) is 5.71 Å². The van der Waals surface area contributed by atoms with Gasteiger partial charge in [0.05, 0.1) is 5.70 Å². The highest BCUT2D eigenvalue weighted by atomic mass is 16.3. The van der Waals surface area contributed by atoms with Crippen LogP contribution in [0.2, 0.25) is 0 Å². The molecule has 0 spiro atoms. The molecule has 0 saturated carbocycles. The van der Waals surface area contributed by atoms with E-state index in [0.29, 0.717) is 0 Å². The Hall–Kier alpha value is -6.77. The van der Waals surface area contributed by atoms with Crippen molar-refractivity contribution >= 4 is 82.0 Å². The molecule has 0 N–H and O–H groups in total. The number of rotatable bonds is 5. The fourth-order valence-corrected chi connectivity index (χ4v) is 9.52. The second kappa shape index (κ2) is 13.8. The Morgan fingerprint density at radius 3 is 2.04 bits per heavy atom. The Labute approximate surface area is 332 Å². The molecule has 1 aromatic heterocycles. The second-order valence-electron chi connectivity index (χ2n) is 15.5. The number of furan rings is 1. The molecule has 1 unspecified atom stereocenters. The number of hydrogen-bond acceptors (Lipinski definition) is 2. The van der Waals surface area contributed by atoms with E-state index in [2.05, 4.69) is 183 Å². The lowest BCUT2D eigenvalue weighted by atomic mass is 9.85. The van der Waals surface area contributed by atoms with Crippen LogP contribution in [0.15, 0.2) is 185 Å². The average molecular weight is 732 g/mol. The van der Waals surface area contributed by atoms with E-state index in [-0.39, 0.29) is 5.92 Å². The molecule has 1 aliphatic rings. The molecule has 0 radical (unpaired) electrons. The lowest BCUT2D eigenvalue weighted by Gasteiger charge is -2.21. The zero-order chi connectivity index (χ0) is 37.9. The summed E-state index contributed by atoms with van der Waals surface area (Å²) in [5.74, 6) is 0.168. The fraction of sp³-hybridized carbons (Fsp3) is 0.109. The van der Waals surface area contributed by atoms with Gasteiger partial charge in [0.2, 0.25) is 0 Å². The minimum absolute atomic E-state index is 0.168. The predicted molar refractivity (Wildman–Crippen MR) is 243 cm³/mol. The second-order valence-corrected chi connectivity index (χ2v) is 15.5. The number of aliphatic imine (C=N–C) groups is 1. The maximum atomic E-state index is 6.38. The molecule has 0 fully saturated rings. The van der Waals surface area contributed by atoms with E-state index in [1.165, 1.54) is 81.7 Å². The van der Waals surface area contributed by atoms with E-state index in [1.54, 1.807) is 0 Å². The van der Waals surface area contributed by atoms with Gasteiger partial charge < -0.3 is 4.42 Å². The van der Waals surface area contributed by atoms with Crippen LogP contribution in [0.4, 0.5) is 0 Å². The lowest BCUT2D eigenvalue weighted by molar-refractivity contribution is 0.669. The summed E-state index contributed by atoms with van der Waals surface area (Å²) in [6.07, 6.45) is 8.82. The van der Waals surface area contributed by atoms with Crippen LogP contribution in [0.25, 0.3) is 87.4 Å². The highest BCUT2D eigenvalue weighted by Gasteiger charge is 2.21.